The van der Waals surface area contributed by atoms with Crippen molar-refractivity contribution in [3.05, 3.63) is 36.3 Å². The van der Waals surface area contributed by atoms with Gasteiger partial charge in [-0.3, -0.25) is 15.0 Å². The van der Waals surface area contributed by atoms with Gasteiger partial charge in [-0.2, -0.15) is 4.39 Å². The van der Waals surface area contributed by atoms with Gasteiger partial charge in [0.2, 0.25) is 5.95 Å². The first kappa shape index (κ1) is 20.5. The number of urea groups is 1. The third-order valence-corrected chi connectivity index (χ3v) is 4.58. The molecular weight excluding hydrogens is 379 g/mol. The molecule has 1 aliphatic heterocycles. The predicted octanol–water partition coefficient (Wildman–Crippen LogP) is 0.698. The first-order valence-corrected chi connectivity index (χ1v) is 9.42. The molecule has 1 saturated heterocycles. The monoisotopic (exact) mass is 404 g/mol. The van der Waals surface area contributed by atoms with E-state index >= 15 is 0 Å². The Balaban J connectivity index is 1.53. The van der Waals surface area contributed by atoms with Gasteiger partial charge in [0, 0.05) is 46.0 Å². The SMILES string of the molecule is CCNC(=O)Nc1cn(CN2CCN(c3ccc(C(=O)NC)nc3F)CC2)cn1. The van der Waals surface area contributed by atoms with Crippen molar-refractivity contribution in [1.29, 1.82) is 0 Å². The zero-order chi connectivity index (χ0) is 20.8. The molecule has 3 N–H and O–H groups in total. The average molecular weight is 404 g/mol. The summed E-state index contributed by atoms with van der Waals surface area (Å²) >= 11 is 0. The Morgan fingerprint density at radius 3 is 2.62 bits per heavy atom. The molecule has 0 spiro atoms. The molecule has 1 aliphatic rings. The molecule has 1 fully saturated rings. The molecule has 0 aromatic carbocycles. The molecule has 3 heterocycles. The Morgan fingerprint density at radius 1 is 1.21 bits per heavy atom. The van der Waals surface area contributed by atoms with Gasteiger partial charge in [0.25, 0.3) is 5.91 Å². The molecule has 0 radical (unpaired) electrons. The summed E-state index contributed by atoms with van der Waals surface area (Å²) in [5, 5.41) is 7.75. The van der Waals surface area contributed by atoms with E-state index in [1.165, 1.54) is 13.1 Å². The van der Waals surface area contributed by atoms with Gasteiger partial charge >= 0.3 is 6.03 Å². The number of imidazole rings is 1. The fourth-order valence-electron chi connectivity index (χ4n) is 3.10. The van der Waals surface area contributed by atoms with Crippen molar-refractivity contribution < 1.29 is 14.0 Å². The number of halogens is 1. The summed E-state index contributed by atoms with van der Waals surface area (Å²) in [7, 11) is 1.48. The van der Waals surface area contributed by atoms with Crippen LogP contribution in [0.1, 0.15) is 17.4 Å². The van der Waals surface area contributed by atoms with Crippen LogP contribution in [0.15, 0.2) is 24.7 Å². The van der Waals surface area contributed by atoms with E-state index in [0.717, 1.165) is 13.1 Å². The van der Waals surface area contributed by atoms with E-state index in [2.05, 4.69) is 30.8 Å². The Labute approximate surface area is 168 Å². The van der Waals surface area contributed by atoms with Crippen LogP contribution in [-0.4, -0.2) is 71.1 Å². The standard InChI is InChI=1S/C18H25FN8O2/c1-3-21-18(29)24-15-10-26(11-22-15)12-25-6-8-27(9-7-25)14-5-4-13(17(28)20-2)23-16(14)19/h4-5,10-11H,3,6-9,12H2,1-2H3,(H,20,28)(H2,21,24,29). The van der Waals surface area contributed by atoms with Gasteiger partial charge in [0.1, 0.15) is 5.69 Å². The number of hydrogen-bond donors (Lipinski definition) is 3. The second-order valence-corrected chi connectivity index (χ2v) is 6.59. The van der Waals surface area contributed by atoms with E-state index in [1.54, 1.807) is 18.6 Å². The predicted molar refractivity (Wildman–Crippen MR) is 106 cm³/mol. The number of amides is 3. The number of nitrogens with one attached hydrogen (secondary N) is 3. The van der Waals surface area contributed by atoms with Crippen LogP contribution in [0.5, 0.6) is 0 Å². The van der Waals surface area contributed by atoms with Crippen LogP contribution in [-0.2, 0) is 6.67 Å². The number of rotatable bonds is 6. The van der Waals surface area contributed by atoms with Crippen LogP contribution in [0.4, 0.5) is 20.7 Å². The van der Waals surface area contributed by atoms with Gasteiger partial charge in [-0.1, -0.05) is 0 Å². The van der Waals surface area contributed by atoms with Gasteiger partial charge in [-0.15, -0.1) is 0 Å². The second kappa shape index (κ2) is 9.32. The quantitative estimate of drug-likeness (QED) is 0.612. The smallest absolute Gasteiger partial charge is 0.320 e. The van der Waals surface area contributed by atoms with Gasteiger partial charge in [0.15, 0.2) is 5.82 Å². The molecular formula is C18H25FN8O2. The number of aromatic nitrogens is 3. The number of carbonyl (C=O) groups is 2. The highest BCUT2D eigenvalue weighted by Gasteiger charge is 2.21. The molecule has 11 heteroatoms. The van der Waals surface area contributed by atoms with Crippen LogP contribution >= 0.6 is 0 Å². The minimum Gasteiger partial charge on any atom is -0.365 e. The van der Waals surface area contributed by atoms with Crippen LogP contribution in [0.3, 0.4) is 0 Å². The van der Waals surface area contributed by atoms with E-state index in [4.69, 9.17) is 0 Å². The minimum atomic E-state index is -0.643. The van der Waals surface area contributed by atoms with Gasteiger partial charge < -0.3 is 20.1 Å². The average Bonchev–Trinajstić information content (AvgIpc) is 3.14. The summed E-state index contributed by atoms with van der Waals surface area (Å²) in [5.74, 6) is -0.573. The van der Waals surface area contributed by atoms with Crippen LogP contribution in [0.2, 0.25) is 0 Å². The summed E-state index contributed by atoms with van der Waals surface area (Å²) in [4.78, 5) is 35.2. The Hall–Kier alpha value is -3.21. The van der Waals surface area contributed by atoms with E-state index in [1.807, 2.05) is 16.4 Å². The molecule has 156 valence electrons. The van der Waals surface area contributed by atoms with Gasteiger partial charge in [0.05, 0.1) is 18.7 Å². The molecule has 2 aromatic rings. The number of piperazine rings is 1. The van der Waals surface area contributed by atoms with Crippen molar-refractivity contribution in [3.63, 3.8) is 0 Å². The highest BCUT2D eigenvalue weighted by atomic mass is 19.1. The van der Waals surface area contributed by atoms with Gasteiger partial charge in [-0.05, 0) is 19.1 Å². The van der Waals surface area contributed by atoms with Gasteiger partial charge in [-0.25, -0.2) is 14.8 Å². The first-order chi connectivity index (χ1) is 14.0. The van der Waals surface area contributed by atoms with Crippen molar-refractivity contribution in [2.75, 3.05) is 50.0 Å². The molecule has 0 unspecified atom stereocenters. The van der Waals surface area contributed by atoms with Crippen LogP contribution in [0, 0.1) is 5.95 Å². The Kier molecular flexibility index (Phi) is 6.60. The minimum absolute atomic E-state index is 0.0597. The van der Waals surface area contributed by atoms with Crippen molar-refractivity contribution in [2.24, 2.45) is 0 Å². The molecule has 29 heavy (non-hydrogen) atoms. The molecule has 0 bridgehead atoms. The highest BCUT2D eigenvalue weighted by Crippen LogP contribution is 2.20. The maximum Gasteiger partial charge on any atom is 0.320 e. The van der Waals surface area contributed by atoms with E-state index in [9.17, 15) is 14.0 Å². The maximum atomic E-state index is 14.3. The van der Waals surface area contributed by atoms with Crippen molar-refractivity contribution in [3.8, 4) is 0 Å². The summed E-state index contributed by atoms with van der Waals surface area (Å²) in [6, 6.07) is 2.83. The number of pyridine rings is 1. The third kappa shape index (κ3) is 5.19. The van der Waals surface area contributed by atoms with Crippen molar-refractivity contribution in [2.45, 2.75) is 13.6 Å². The molecule has 0 saturated carbocycles. The summed E-state index contributed by atoms with van der Waals surface area (Å²) < 4.78 is 16.2. The lowest BCUT2D eigenvalue weighted by Crippen LogP contribution is -2.47. The lowest BCUT2D eigenvalue weighted by Gasteiger charge is -2.36. The van der Waals surface area contributed by atoms with Crippen LogP contribution < -0.4 is 20.9 Å². The number of anilines is 2. The lowest BCUT2D eigenvalue weighted by atomic mass is 10.2. The number of hydrogen-bond acceptors (Lipinski definition) is 6. The Bertz CT molecular complexity index is 863. The largest absolute Gasteiger partial charge is 0.365 e. The molecule has 0 atom stereocenters. The van der Waals surface area contributed by atoms with E-state index in [0.29, 0.717) is 37.8 Å². The number of carbonyl (C=O) groups excluding carboxylic acids is 2. The van der Waals surface area contributed by atoms with E-state index < -0.39 is 11.9 Å². The summed E-state index contributed by atoms with van der Waals surface area (Å²) in [6.07, 6.45) is 3.43. The van der Waals surface area contributed by atoms with Crippen molar-refractivity contribution >= 4 is 23.4 Å². The zero-order valence-corrected chi connectivity index (χ0v) is 16.5. The molecule has 0 aliphatic carbocycles. The topological polar surface area (TPSA) is 107 Å². The molecule has 3 rings (SSSR count). The lowest BCUT2D eigenvalue weighted by molar-refractivity contribution is 0.0957. The summed E-state index contributed by atoms with van der Waals surface area (Å²) in [5.41, 5.74) is 0.456. The van der Waals surface area contributed by atoms with Crippen LogP contribution in [0.25, 0.3) is 0 Å². The molecule has 2 aromatic heterocycles. The first-order valence-electron chi connectivity index (χ1n) is 9.42. The summed E-state index contributed by atoms with van der Waals surface area (Å²) in [6.45, 7) is 5.74. The molecule has 3 amide bonds. The fraction of sp³-hybridized carbons (Fsp3) is 0.444. The second-order valence-electron chi connectivity index (χ2n) is 6.59. The normalized spacial score (nSPS) is 14.5. The van der Waals surface area contributed by atoms with Crippen molar-refractivity contribution in [1.82, 2.24) is 30.1 Å². The fourth-order valence-corrected chi connectivity index (χ4v) is 3.10. The maximum absolute atomic E-state index is 14.3. The zero-order valence-electron chi connectivity index (χ0n) is 16.5. The van der Waals surface area contributed by atoms with E-state index in [-0.39, 0.29) is 11.7 Å². The Morgan fingerprint density at radius 2 is 1.97 bits per heavy atom. The highest BCUT2D eigenvalue weighted by molar-refractivity contribution is 5.92. The number of nitrogens with zero attached hydrogens (tertiary/aromatic N) is 5. The third-order valence-electron chi connectivity index (χ3n) is 4.58. The molecule has 10 nitrogen and oxygen atoms in total.